The number of hydrogen-bond donors (Lipinski definition) is 1. The highest BCUT2D eigenvalue weighted by Crippen LogP contribution is 2.27. The molecule has 4 nitrogen and oxygen atoms in total. The molecule has 0 unspecified atom stereocenters. The van der Waals surface area contributed by atoms with E-state index in [0.29, 0.717) is 11.6 Å². The Labute approximate surface area is 124 Å². The number of carbonyl (C=O) groups excluding carboxylic acids is 2. The van der Waals surface area contributed by atoms with Crippen molar-refractivity contribution in [3.8, 4) is 0 Å². The summed E-state index contributed by atoms with van der Waals surface area (Å²) in [5, 5.41) is 3.52. The molecule has 108 valence electrons. The highest BCUT2D eigenvalue weighted by molar-refractivity contribution is 6.30. The van der Waals surface area contributed by atoms with Crippen LogP contribution in [0.1, 0.15) is 26.7 Å². The van der Waals surface area contributed by atoms with Crippen LogP contribution < -0.4 is 10.2 Å². The van der Waals surface area contributed by atoms with Crippen LogP contribution in [0.15, 0.2) is 24.3 Å². The average Bonchev–Trinajstić information content (AvgIpc) is 2.80. The van der Waals surface area contributed by atoms with Crippen molar-refractivity contribution in [3.63, 3.8) is 0 Å². The maximum absolute atomic E-state index is 12.1. The van der Waals surface area contributed by atoms with Gasteiger partial charge in [-0.25, -0.2) is 0 Å². The van der Waals surface area contributed by atoms with Gasteiger partial charge >= 0.3 is 0 Å². The van der Waals surface area contributed by atoms with E-state index in [0.717, 1.165) is 12.1 Å². The lowest BCUT2D eigenvalue weighted by atomic mass is 10.1. The van der Waals surface area contributed by atoms with Gasteiger partial charge in [0, 0.05) is 29.7 Å². The standard InChI is InChI=1S/C15H19ClN2O2/c1-3-10(2)17-15(20)11-7-14(19)18(9-11)13-6-4-5-12(16)8-13/h4-6,8,10-11H,3,7,9H2,1-2H3,(H,17,20)/t10-,11+/m1/s1. The summed E-state index contributed by atoms with van der Waals surface area (Å²) in [6.07, 6.45) is 1.14. The van der Waals surface area contributed by atoms with E-state index < -0.39 is 0 Å². The predicted octanol–water partition coefficient (Wildman–Crippen LogP) is 2.61. The van der Waals surface area contributed by atoms with E-state index in [4.69, 9.17) is 11.6 Å². The Morgan fingerprint density at radius 3 is 2.95 bits per heavy atom. The molecule has 0 saturated carbocycles. The molecule has 20 heavy (non-hydrogen) atoms. The summed E-state index contributed by atoms with van der Waals surface area (Å²) < 4.78 is 0. The van der Waals surface area contributed by atoms with Gasteiger partial charge in [0.25, 0.3) is 0 Å². The molecule has 1 aromatic rings. The van der Waals surface area contributed by atoms with E-state index >= 15 is 0 Å². The quantitative estimate of drug-likeness (QED) is 0.928. The van der Waals surface area contributed by atoms with Crippen LogP contribution in [0.4, 0.5) is 5.69 Å². The molecule has 2 rings (SSSR count). The number of nitrogens with zero attached hydrogens (tertiary/aromatic N) is 1. The van der Waals surface area contributed by atoms with Crippen molar-refractivity contribution in [2.24, 2.45) is 5.92 Å². The second-order valence-corrected chi connectivity index (χ2v) is 5.64. The molecule has 1 fully saturated rings. The normalized spacial score (nSPS) is 20.1. The predicted molar refractivity (Wildman–Crippen MR) is 79.8 cm³/mol. The smallest absolute Gasteiger partial charge is 0.227 e. The lowest BCUT2D eigenvalue weighted by Gasteiger charge is -2.18. The Hall–Kier alpha value is -1.55. The van der Waals surface area contributed by atoms with Crippen molar-refractivity contribution < 1.29 is 9.59 Å². The van der Waals surface area contributed by atoms with Crippen molar-refractivity contribution >= 4 is 29.1 Å². The van der Waals surface area contributed by atoms with Gasteiger partial charge in [-0.3, -0.25) is 9.59 Å². The fraction of sp³-hybridized carbons (Fsp3) is 0.467. The SMILES string of the molecule is CC[C@@H](C)NC(=O)[C@H]1CC(=O)N(c2cccc(Cl)c2)C1. The minimum Gasteiger partial charge on any atom is -0.353 e. The third-order valence-electron chi connectivity index (χ3n) is 3.62. The van der Waals surface area contributed by atoms with E-state index in [-0.39, 0.29) is 30.2 Å². The first-order chi connectivity index (χ1) is 9.51. The first kappa shape index (κ1) is 14.9. The molecule has 1 aliphatic rings. The molecule has 0 aliphatic carbocycles. The highest BCUT2D eigenvalue weighted by Gasteiger charge is 2.35. The number of benzene rings is 1. The Balaban J connectivity index is 2.05. The van der Waals surface area contributed by atoms with Gasteiger partial charge < -0.3 is 10.2 Å². The summed E-state index contributed by atoms with van der Waals surface area (Å²) in [6.45, 7) is 4.40. The monoisotopic (exact) mass is 294 g/mol. The summed E-state index contributed by atoms with van der Waals surface area (Å²) in [5.74, 6) is -0.357. The number of hydrogen-bond acceptors (Lipinski definition) is 2. The second-order valence-electron chi connectivity index (χ2n) is 5.20. The van der Waals surface area contributed by atoms with Gasteiger partial charge in [0.15, 0.2) is 0 Å². The van der Waals surface area contributed by atoms with Crippen LogP contribution in [0, 0.1) is 5.92 Å². The van der Waals surface area contributed by atoms with Crippen molar-refractivity contribution in [2.45, 2.75) is 32.7 Å². The largest absolute Gasteiger partial charge is 0.353 e. The van der Waals surface area contributed by atoms with E-state index in [1.54, 1.807) is 23.1 Å². The topological polar surface area (TPSA) is 49.4 Å². The molecule has 0 spiro atoms. The Morgan fingerprint density at radius 1 is 1.55 bits per heavy atom. The lowest BCUT2D eigenvalue weighted by Crippen LogP contribution is -2.38. The summed E-state index contributed by atoms with van der Waals surface area (Å²) in [6, 6.07) is 7.28. The summed E-state index contributed by atoms with van der Waals surface area (Å²) >= 11 is 5.94. The molecule has 1 heterocycles. The molecule has 1 N–H and O–H groups in total. The van der Waals surface area contributed by atoms with Crippen LogP contribution in [0.3, 0.4) is 0 Å². The van der Waals surface area contributed by atoms with Gasteiger partial charge in [-0.2, -0.15) is 0 Å². The van der Waals surface area contributed by atoms with Crippen molar-refractivity contribution in [2.75, 3.05) is 11.4 Å². The number of anilines is 1. The number of nitrogens with one attached hydrogen (secondary N) is 1. The van der Waals surface area contributed by atoms with Crippen LogP contribution in [0.5, 0.6) is 0 Å². The fourth-order valence-corrected chi connectivity index (χ4v) is 2.42. The van der Waals surface area contributed by atoms with Gasteiger partial charge in [0.05, 0.1) is 5.92 Å². The molecule has 2 atom stereocenters. The maximum Gasteiger partial charge on any atom is 0.227 e. The van der Waals surface area contributed by atoms with Crippen LogP contribution >= 0.6 is 11.6 Å². The van der Waals surface area contributed by atoms with Crippen LogP contribution in [-0.4, -0.2) is 24.4 Å². The zero-order valence-corrected chi connectivity index (χ0v) is 12.5. The number of halogens is 1. The van der Waals surface area contributed by atoms with Gasteiger partial charge in [-0.05, 0) is 31.5 Å². The van der Waals surface area contributed by atoms with Gasteiger partial charge in [-0.15, -0.1) is 0 Å². The minimum absolute atomic E-state index is 0.0310. The molecule has 1 aromatic carbocycles. The first-order valence-electron chi connectivity index (χ1n) is 6.87. The second kappa shape index (κ2) is 6.27. The number of amides is 2. The average molecular weight is 295 g/mol. The van der Waals surface area contributed by atoms with Crippen LogP contribution in [0.25, 0.3) is 0 Å². The minimum atomic E-state index is -0.282. The Kier molecular flexibility index (Phi) is 4.65. The molecule has 1 aliphatic heterocycles. The van der Waals surface area contributed by atoms with Crippen LogP contribution in [-0.2, 0) is 9.59 Å². The number of carbonyl (C=O) groups is 2. The van der Waals surface area contributed by atoms with Gasteiger partial charge in [0.2, 0.25) is 11.8 Å². The Bertz CT molecular complexity index is 518. The lowest BCUT2D eigenvalue weighted by molar-refractivity contribution is -0.126. The molecule has 2 amide bonds. The molecule has 0 aromatic heterocycles. The zero-order valence-electron chi connectivity index (χ0n) is 11.7. The molecule has 5 heteroatoms. The van der Waals surface area contributed by atoms with E-state index in [1.807, 2.05) is 19.9 Å². The summed E-state index contributed by atoms with van der Waals surface area (Å²) in [7, 11) is 0. The van der Waals surface area contributed by atoms with E-state index in [1.165, 1.54) is 0 Å². The highest BCUT2D eigenvalue weighted by atomic mass is 35.5. The van der Waals surface area contributed by atoms with Gasteiger partial charge in [-0.1, -0.05) is 24.6 Å². The van der Waals surface area contributed by atoms with Crippen LogP contribution in [0.2, 0.25) is 5.02 Å². The number of rotatable bonds is 4. The van der Waals surface area contributed by atoms with Crippen molar-refractivity contribution in [1.29, 1.82) is 0 Å². The third kappa shape index (κ3) is 3.31. The van der Waals surface area contributed by atoms with Crippen molar-refractivity contribution in [3.05, 3.63) is 29.3 Å². The van der Waals surface area contributed by atoms with E-state index in [2.05, 4.69) is 5.32 Å². The molecular weight excluding hydrogens is 276 g/mol. The Morgan fingerprint density at radius 2 is 2.30 bits per heavy atom. The molecule has 1 saturated heterocycles. The molecule has 0 radical (unpaired) electrons. The van der Waals surface area contributed by atoms with E-state index in [9.17, 15) is 9.59 Å². The molecule has 0 bridgehead atoms. The van der Waals surface area contributed by atoms with Crippen molar-refractivity contribution in [1.82, 2.24) is 5.32 Å². The van der Waals surface area contributed by atoms with Gasteiger partial charge in [0.1, 0.15) is 0 Å². The fourth-order valence-electron chi connectivity index (χ4n) is 2.24. The summed E-state index contributed by atoms with van der Waals surface area (Å²) in [5.41, 5.74) is 0.751. The molecular formula is C15H19ClN2O2. The first-order valence-corrected chi connectivity index (χ1v) is 7.25. The zero-order chi connectivity index (χ0) is 14.7. The third-order valence-corrected chi connectivity index (χ3v) is 3.85. The summed E-state index contributed by atoms with van der Waals surface area (Å²) in [4.78, 5) is 25.8. The maximum atomic E-state index is 12.1.